The first-order valence-corrected chi connectivity index (χ1v) is 15.3. The molecule has 37 heavy (non-hydrogen) atoms. The number of carbonyl (C=O) groups is 3. The van der Waals surface area contributed by atoms with Gasteiger partial charge in [-0.15, -0.1) is 0 Å². The van der Waals surface area contributed by atoms with Crippen LogP contribution in [0.2, 0.25) is 0 Å². The second kappa shape index (κ2) is 7.21. The van der Waals surface area contributed by atoms with E-state index in [-0.39, 0.29) is 57.1 Å². The van der Waals surface area contributed by atoms with Gasteiger partial charge in [0.05, 0.1) is 16.8 Å². The van der Waals surface area contributed by atoms with Gasteiger partial charge in [0.1, 0.15) is 0 Å². The molecule has 6 rings (SSSR count). The third kappa shape index (κ3) is 2.84. The summed E-state index contributed by atoms with van der Waals surface area (Å²) in [6, 6.07) is 0. The van der Waals surface area contributed by atoms with Crippen molar-refractivity contribution in [3.8, 4) is 0 Å². The van der Waals surface area contributed by atoms with Crippen LogP contribution < -0.4 is 0 Å². The Hall–Kier alpha value is -0.970. The van der Waals surface area contributed by atoms with Crippen molar-refractivity contribution in [3.63, 3.8) is 0 Å². The van der Waals surface area contributed by atoms with E-state index in [9.17, 15) is 14.4 Å². The van der Waals surface area contributed by atoms with Crippen LogP contribution in [0, 0.1) is 56.2 Å². The van der Waals surface area contributed by atoms with Gasteiger partial charge in [-0.3, -0.25) is 14.4 Å². The van der Waals surface area contributed by atoms with Gasteiger partial charge >= 0.3 is 5.97 Å². The van der Waals surface area contributed by atoms with Crippen LogP contribution in [0.1, 0.15) is 99.8 Å². The molecule has 0 aliphatic heterocycles. The van der Waals surface area contributed by atoms with Gasteiger partial charge in [-0.25, -0.2) is 0 Å². The Morgan fingerprint density at radius 1 is 0.919 bits per heavy atom. The van der Waals surface area contributed by atoms with E-state index in [0.29, 0.717) is 5.78 Å². The van der Waals surface area contributed by atoms with E-state index in [2.05, 4.69) is 64.4 Å². The van der Waals surface area contributed by atoms with Gasteiger partial charge < -0.3 is 4.74 Å². The minimum Gasteiger partial charge on any atom is -0.469 e. The van der Waals surface area contributed by atoms with Crippen LogP contribution in [0.25, 0.3) is 0 Å². The molecule has 0 heterocycles. The summed E-state index contributed by atoms with van der Waals surface area (Å²) in [7, 11) is 1.51. The number of rotatable bonds is 1. The van der Waals surface area contributed by atoms with Gasteiger partial charge in [0.15, 0.2) is 11.6 Å². The van der Waals surface area contributed by atoms with Crippen molar-refractivity contribution >= 4 is 33.5 Å². The highest BCUT2D eigenvalue weighted by molar-refractivity contribution is 9.10. The molecule has 0 aromatic heterocycles. The average Bonchev–Trinajstić information content (AvgIpc) is 3.52. The Morgan fingerprint density at radius 3 is 2.22 bits per heavy atom. The van der Waals surface area contributed by atoms with Gasteiger partial charge in [-0.05, 0) is 96.9 Å². The van der Waals surface area contributed by atoms with Gasteiger partial charge in [-0.1, -0.05) is 70.0 Å². The molecule has 4 nitrogen and oxygen atoms in total. The molecule has 0 aromatic rings. The first kappa shape index (κ1) is 26.3. The molecule has 204 valence electrons. The molecule has 0 aromatic carbocycles. The molecular formula is C32H45BrO4. The monoisotopic (exact) mass is 572 g/mol. The van der Waals surface area contributed by atoms with E-state index in [1.54, 1.807) is 0 Å². The Balaban J connectivity index is 1.52. The zero-order chi connectivity index (χ0) is 27.2. The fraction of sp³-hybridized carbons (Fsp3) is 0.844. The number of Topliss-reactive ketones (excluding diaryl/α,β-unsaturated/α-hetero) is 1. The quantitative estimate of drug-likeness (QED) is 0.248. The Labute approximate surface area is 231 Å². The third-order valence-corrected chi connectivity index (χ3v) is 14.9. The summed E-state index contributed by atoms with van der Waals surface area (Å²) >= 11 is 3.91. The summed E-state index contributed by atoms with van der Waals surface area (Å²) in [6.07, 6.45) is 9.30. The maximum atomic E-state index is 14.5. The Bertz CT molecular complexity index is 1150. The number of allylic oxidation sites excluding steroid dienone is 2. The van der Waals surface area contributed by atoms with Crippen LogP contribution in [0.3, 0.4) is 0 Å². The van der Waals surface area contributed by atoms with E-state index < -0.39 is 15.2 Å². The molecule has 6 aliphatic rings. The third-order valence-electron chi connectivity index (χ3n) is 13.6. The van der Waals surface area contributed by atoms with E-state index in [1.165, 1.54) is 12.7 Å². The smallest absolute Gasteiger partial charge is 0.312 e. The first-order chi connectivity index (χ1) is 17.0. The lowest BCUT2D eigenvalue weighted by Gasteiger charge is -2.69. The normalized spacial score (nSPS) is 52.9. The zero-order valence-electron chi connectivity index (χ0n) is 24.1. The molecule has 0 saturated heterocycles. The summed E-state index contributed by atoms with van der Waals surface area (Å²) in [6.45, 7) is 16.1. The molecule has 5 fully saturated rings. The predicted molar refractivity (Wildman–Crippen MR) is 147 cm³/mol. The maximum Gasteiger partial charge on any atom is 0.312 e. The molecular weight excluding hydrogens is 528 g/mol. The van der Waals surface area contributed by atoms with Gasteiger partial charge in [0, 0.05) is 11.3 Å². The highest BCUT2D eigenvalue weighted by Gasteiger charge is 2.79. The number of carbonyl (C=O) groups excluding carboxylic acids is 3. The number of esters is 1. The first-order valence-electron chi connectivity index (χ1n) is 14.5. The summed E-state index contributed by atoms with van der Waals surface area (Å²) in [5.74, 6) is 0.805. The number of alkyl halides is 1. The summed E-state index contributed by atoms with van der Waals surface area (Å²) in [5, 5.41) is 0. The number of methoxy groups -OCH3 is 1. The van der Waals surface area contributed by atoms with Crippen molar-refractivity contribution in [2.75, 3.05) is 7.11 Å². The molecule has 0 spiro atoms. The number of halogens is 1. The highest BCUT2D eigenvalue weighted by atomic mass is 79.9. The van der Waals surface area contributed by atoms with Crippen molar-refractivity contribution < 1.29 is 19.1 Å². The zero-order valence-corrected chi connectivity index (χ0v) is 25.6. The molecule has 9 atom stereocenters. The number of ether oxygens (including phenoxy) is 1. The number of hydrogen-bond donors (Lipinski definition) is 0. The summed E-state index contributed by atoms with van der Waals surface area (Å²) < 4.78 is 5.00. The molecule has 0 N–H and O–H groups in total. The summed E-state index contributed by atoms with van der Waals surface area (Å²) in [4.78, 5) is 41.5. The largest absolute Gasteiger partial charge is 0.469 e. The van der Waals surface area contributed by atoms with Crippen molar-refractivity contribution in [1.82, 2.24) is 0 Å². The van der Waals surface area contributed by atoms with Crippen LogP contribution in [0.15, 0.2) is 11.6 Å². The van der Waals surface area contributed by atoms with E-state index >= 15 is 0 Å². The van der Waals surface area contributed by atoms with Crippen molar-refractivity contribution in [1.29, 1.82) is 0 Å². The second-order valence-electron chi connectivity index (χ2n) is 15.9. The molecule has 0 amide bonds. The van der Waals surface area contributed by atoms with Gasteiger partial charge in [0.25, 0.3) is 0 Å². The van der Waals surface area contributed by atoms with E-state index in [0.717, 1.165) is 51.4 Å². The second-order valence-corrected chi connectivity index (χ2v) is 17.3. The van der Waals surface area contributed by atoms with Crippen LogP contribution in [0.5, 0.6) is 0 Å². The Kier molecular flexibility index (Phi) is 5.11. The maximum absolute atomic E-state index is 14.5. The van der Waals surface area contributed by atoms with Crippen LogP contribution in [0.4, 0.5) is 0 Å². The van der Waals surface area contributed by atoms with E-state index in [1.807, 2.05) is 6.08 Å². The van der Waals surface area contributed by atoms with Crippen molar-refractivity contribution in [3.05, 3.63) is 11.6 Å². The van der Waals surface area contributed by atoms with E-state index in [4.69, 9.17) is 4.74 Å². The minimum absolute atomic E-state index is 0.00988. The van der Waals surface area contributed by atoms with Crippen LogP contribution in [-0.2, 0) is 19.1 Å². The molecule has 5 heteroatoms. The fourth-order valence-electron chi connectivity index (χ4n) is 11.4. The van der Waals surface area contributed by atoms with Gasteiger partial charge in [-0.2, -0.15) is 0 Å². The Morgan fingerprint density at radius 2 is 1.57 bits per heavy atom. The molecule has 5 saturated carbocycles. The molecule has 0 bridgehead atoms. The van der Waals surface area contributed by atoms with Gasteiger partial charge in [0.2, 0.25) is 0 Å². The average molecular weight is 574 g/mol. The fourth-order valence-corrected chi connectivity index (χ4v) is 12.7. The lowest BCUT2D eigenvalue weighted by Crippen LogP contribution is -2.67. The number of fused-ring (bicyclic) bond motifs is 9. The number of ketones is 2. The standard InChI is InChI=1S/C32H45BrO4/c1-26(2)11-13-31(25(36)37-8)14-12-29(6)23(18(31)16-26)19(34)15-21-28(29,5)10-9-20-27(3,4)24(35)32(33)17-22(32)30(20,21)7/h15,18,20,22-23H,9-14,16-17H2,1-8H3/t18?,20-,22+,23?,28+,29+,30-,31-,32-/m0/s1. The number of hydrogen-bond acceptors (Lipinski definition) is 4. The minimum atomic E-state index is -0.548. The lowest BCUT2D eigenvalue weighted by molar-refractivity contribution is -0.193. The SMILES string of the molecule is COC(=O)[C@]12CCC(C)(C)CC1C1C(=O)C=C3[C@@]4(C)[C@H]5C[C@@]5(Br)C(=O)C(C)(C)[C@@H]4CC[C@@]3(C)[C@]1(C)CC2. The summed E-state index contributed by atoms with van der Waals surface area (Å²) in [5.41, 5.74) is -0.0807. The topological polar surface area (TPSA) is 60.4 Å². The lowest BCUT2D eigenvalue weighted by atomic mass is 9.33. The molecule has 0 radical (unpaired) electrons. The van der Waals surface area contributed by atoms with Crippen molar-refractivity contribution in [2.45, 2.75) is 104 Å². The van der Waals surface area contributed by atoms with Crippen molar-refractivity contribution in [2.24, 2.45) is 56.2 Å². The highest BCUT2D eigenvalue weighted by Crippen LogP contribution is 2.80. The molecule has 6 aliphatic carbocycles. The molecule has 2 unspecified atom stereocenters. The van der Waals surface area contributed by atoms with Crippen LogP contribution in [-0.4, -0.2) is 29.0 Å². The predicted octanol–water partition coefficient (Wildman–Crippen LogP) is 7.08. The van der Waals surface area contributed by atoms with Crippen LogP contribution >= 0.6 is 15.9 Å².